The molecule has 0 saturated heterocycles. The van der Waals surface area contributed by atoms with Gasteiger partial charge in [-0.3, -0.25) is 9.59 Å². The Kier molecular flexibility index (Phi) is 8.97. The maximum atomic E-state index is 11.6. The second-order valence-electron chi connectivity index (χ2n) is 4.29. The molecule has 0 aromatic heterocycles. The second kappa shape index (κ2) is 9.68. The summed E-state index contributed by atoms with van der Waals surface area (Å²) in [5.74, 6) is -0.818. The van der Waals surface area contributed by atoms with Gasteiger partial charge in [-0.25, -0.2) is 0 Å². The highest BCUT2D eigenvalue weighted by atomic mass is 16.7. The van der Waals surface area contributed by atoms with Gasteiger partial charge in [0.2, 0.25) is 6.29 Å². The average molecular weight is 256 g/mol. The molecule has 0 saturated carbocycles. The number of carbonyl (C=O) groups is 2. The SMILES string of the molecule is C/C=C/CCC(=O)OC(C)OC(=O)C(C)CCC. The van der Waals surface area contributed by atoms with Gasteiger partial charge < -0.3 is 9.47 Å². The lowest BCUT2D eigenvalue weighted by atomic mass is 10.1. The second-order valence-corrected chi connectivity index (χ2v) is 4.29. The van der Waals surface area contributed by atoms with Crippen LogP contribution in [0.15, 0.2) is 12.2 Å². The van der Waals surface area contributed by atoms with Crippen molar-refractivity contribution in [1.82, 2.24) is 0 Å². The molecule has 104 valence electrons. The Morgan fingerprint density at radius 2 is 1.89 bits per heavy atom. The molecule has 2 atom stereocenters. The van der Waals surface area contributed by atoms with Gasteiger partial charge in [0.1, 0.15) is 0 Å². The fraction of sp³-hybridized carbons (Fsp3) is 0.714. The van der Waals surface area contributed by atoms with Gasteiger partial charge in [-0.05, 0) is 19.8 Å². The number of allylic oxidation sites excluding steroid dienone is 2. The van der Waals surface area contributed by atoms with Gasteiger partial charge in [-0.15, -0.1) is 0 Å². The lowest BCUT2D eigenvalue weighted by molar-refractivity contribution is -0.187. The molecule has 0 aliphatic rings. The molecule has 4 heteroatoms. The van der Waals surface area contributed by atoms with Crippen molar-refractivity contribution in [1.29, 1.82) is 0 Å². The first-order chi connectivity index (χ1) is 8.51. The van der Waals surface area contributed by atoms with Crippen LogP contribution in [0.2, 0.25) is 0 Å². The van der Waals surface area contributed by atoms with E-state index in [9.17, 15) is 9.59 Å². The summed E-state index contributed by atoms with van der Waals surface area (Å²) < 4.78 is 10.0. The fourth-order valence-corrected chi connectivity index (χ4v) is 1.47. The molecule has 0 rings (SSSR count). The van der Waals surface area contributed by atoms with E-state index in [1.807, 2.05) is 32.9 Å². The van der Waals surface area contributed by atoms with Crippen LogP contribution in [0.1, 0.15) is 53.4 Å². The standard InChI is InChI=1S/C14H24O4/c1-5-7-8-10-13(15)17-12(4)18-14(16)11(3)9-6-2/h5,7,11-12H,6,8-10H2,1-4H3/b7-5+. The molecule has 0 spiro atoms. The molecule has 2 unspecified atom stereocenters. The van der Waals surface area contributed by atoms with Crippen LogP contribution in [-0.4, -0.2) is 18.2 Å². The maximum absolute atomic E-state index is 11.6. The highest BCUT2D eigenvalue weighted by molar-refractivity contribution is 5.73. The Morgan fingerprint density at radius 1 is 1.22 bits per heavy atom. The highest BCUT2D eigenvalue weighted by Gasteiger charge is 2.18. The maximum Gasteiger partial charge on any atom is 0.311 e. The number of hydrogen-bond acceptors (Lipinski definition) is 4. The van der Waals surface area contributed by atoms with E-state index in [1.165, 1.54) is 0 Å². The molecule has 4 nitrogen and oxygen atoms in total. The molecule has 0 bridgehead atoms. The van der Waals surface area contributed by atoms with Crippen LogP contribution in [0.4, 0.5) is 0 Å². The topological polar surface area (TPSA) is 52.6 Å². The molecule has 0 heterocycles. The van der Waals surface area contributed by atoms with Crippen molar-refractivity contribution in [2.75, 3.05) is 0 Å². The van der Waals surface area contributed by atoms with E-state index in [4.69, 9.17) is 9.47 Å². The number of rotatable bonds is 8. The molecule has 0 aliphatic heterocycles. The monoisotopic (exact) mass is 256 g/mol. The van der Waals surface area contributed by atoms with E-state index in [2.05, 4.69) is 0 Å². The third-order valence-corrected chi connectivity index (χ3v) is 2.45. The van der Waals surface area contributed by atoms with E-state index in [0.29, 0.717) is 12.8 Å². The van der Waals surface area contributed by atoms with Crippen molar-refractivity contribution in [3.63, 3.8) is 0 Å². The average Bonchev–Trinajstić information content (AvgIpc) is 2.29. The Morgan fingerprint density at radius 3 is 2.44 bits per heavy atom. The Balaban J connectivity index is 3.91. The minimum absolute atomic E-state index is 0.154. The Labute approximate surface area is 109 Å². The van der Waals surface area contributed by atoms with Crippen molar-refractivity contribution in [2.45, 2.75) is 59.7 Å². The molecule has 0 fully saturated rings. The molecular weight excluding hydrogens is 232 g/mol. The summed E-state index contributed by atoms with van der Waals surface area (Å²) >= 11 is 0. The van der Waals surface area contributed by atoms with Crippen molar-refractivity contribution in [3.05, 3.63) is 12.2 Å². The minimum Gasteiger partial charge on any atom is -0.425 e. The largest absolute Gasteiger partial charge is 0.425 e. The summed E-state index contributed by atoms with van der Waals surface area (Å²) in [6.45, 7) is 7.27. The first kappa shape index (κ1) is 16.7. The van der Waals surface area contributed by atoms with Crippen LogP contribution in [0, 0.1) is 5.92 Å². The summed E-state index contributed by atoms with van der Waals surface area (Å²) in [6, 6.07) is 0. The number of esters is 2. The molecule has 0 radical (unpaired) electrons. The zero-order chi connectivity index (χ0) is 14.0. The van der Waals surface area contributed by atoms with Crippen molar-refractivity contribution < 1.29 is 19.1 Å². The summed E-state index contributed by atoms with van der Waals surface area (Å²) in [5.41, 5.74) is 0. The van der Waals surface area contributed by atoms with Crippen molar-refractivity contribution >= 4 is 11.9 Å². The van der Waals surface area contributed by atoms with E-state index in [-0.39, 0.29) is 17.9 Å². The quantitative estimate of drug-likeness (QED) is 0.380. The highest BCUT2D eigenvalue weighted by Crippen LogP contribution is 2.10. The van der Waals surface area contributed by atoms with E-state index >= 15 is 0 Å². The first-order valence-electron chi connectivity index (χ1n) is 6.52. The molecule has 18 heavy (non-hydrogen) atoms. The summed E-state index contributed by atoms with van der Waals surface area (Å²) in [7, 11) is 0. The first-order valence-corrected chi connectivity index (χ1v) is 6.52. The van der Waals surface area contributed by atoms with Crippen LogP contribution in [0.25, 0.3) is 0 Å². The van der Waals surface area contributed by atoms with Crippen LogP contribution in [0.3, 0.4) is 0 Å². The molecule has 0 aromatic rings. The van der Waals surface area contributed by atoms with E-state index < -0.39 is 6.29 Å². The van der Waals surface area contributed by atoms with Crippen molar-refractivity contribution in [3.8, 4) is 0 Å². The lowest BCUT2D eigenvalue weighted by Gasteiger charge is -2.16. The Bertz CT molecular complexity index is 284. The zero-order valence-electron chi connectivity index (χ0n) is 11.8. The van der Waals surface area contributed by atoms with E-state index in [0.717, 1.165) is 12.8 Å². The van der Waals surface area contributed by atoms with Gasteiger partial charge in [-0.1, -0.05) is 32.4 Å². The summed E-state index contributed by atoms with van der Waals surface area (Å²) in [5, 5.41) is 0. The predicted molar refractivity (Wildman–Crippen MR) is 69.8 cm³/mol. The van der Waals surface area contributed by atoms with Crippen LogP contribution in [-0.2, 0) is 19.1 Å². The smallest absolute Gasteiger partial charge is 0.311 e. The molecule has 0 N–H and O–H groups in total. The Hall–Kier alpha value is -1.32. The van der Waals surface area contributed by atoms with Gasteiger partial charge in [0.15, 0.2) is 0 Å². The van der Waals surface area contributed by atoms with Crippen LogP contribution < -0.4 is 0 Å². The minimum atomic E-state index is -0.810. The molecular formula is C14H24O4. The van der Waals surface area contributed by atoms with Gasteiger partial charge in [-0.2, -0.15) is 0 Å². The third kappa shape index (κ3) is 7.87. The predicted octanol–water partition coefficient (Wildman–Crippen LogP) is 3.21. The van der Waals surface area contributed by atoms with E-state index in [1.54, 1.807) is 6.92 Å². The van der Waals surface area contributed by atoms with Crippen LogP contribution in [0.5, 0.6) is 0 Å². The molecule has 0 aliphatic carbocycles. The number of carbonyl (C=O) groups excluding carboxylic acids is 2. The van der Waals surface area contributed by atoms with Gasteiger partial charge in [0.05, 0.1) is 5.92 Å². The summed E-state index contributed by atoms with van der Waals surface area (Å²) in [4.78, 5) is 22.9. The summed E-state index contributed by atoms with van der Waals surface area (Å²) in [6.07, 6.45) is 5.60. The fourth-order valence-electron chi connectivity index (χ4n) is 1.47. The molecule has 0 amide bonds. The van der Waals surface area contributed by atoms with Gasteiger partial charge in [0.25, 0.3) is 0 Å². The normalized spacial score (nSPS) is 14.2. The van der Waals surface area contributed by atoms with Crippen molar-refractivity contribution in [2.24, 2.45) is 5.92 Å². The number of hydrogen-bond donors (Lipinski definition) is 0. The third-order valence-electron chi connectivity index (χ3n) is 2.45. The lowest BCUT2D eigenvalue weighted by Crippen LogP contribution is -2.25. The zero-order valence-corrected chi connectivity index (χ0v) is 11.8. The van der Waals surface area contributed by atoms with Gasteiger partial charge in [0, 0.05) is 13.3 Å². The van der Waals surface area contributed by atoms with Gasteiger partial charge >= 0.3 is 11.9 Å². The van der Waals surface area contributed by atoms with Crippen LogP contribution >= 0.6 is 0 Å². The molecule has 0 aromatic carbocycles. The number of ether oxygens (including phenoxy) is 2.